The second-order valence-corrected chi connectivity index (χ2v) is 6.95. The van der Waals surface area contributed by atoms with Crippen molar-refractivity contribution in [1.82, 2.24) is 0 Å². The zero-order valence-electron chi connectivity index (χ0n) is 11.6. The van der Waals surface area contributed by atoms with E-state index in [1.807, 2.05) is 0 Å². The van der Waals surface area contributed by atoms with E-state index in [-0.39, 0.29) is 0 Å². The van der Waals surface area contributed by atoms with Gasteiger partial charge in [-0.1, -0.05) is 13.3 Å². The molecule has 0 aromatic carbocycles. The van der Waals surface area contributed by atoms with E-state index < -0.39 is 0 Å². The fourth-order valence-corrected chi connectivity index (χ4v) is 3.12. The molecule has 0 heterocycles. The molecule has 0 fully saturated rings. The molecule has 0 aliphatic carbocycles. The standard InChI is InChI=1S/C15H32Se/c1-3-4-5-6-7-8-9-10-11-12-13-14-15-16-2/h3-15H2,1-2H3. The molecule has 0 unspecified atom stereocenters. The number of rotatable bonds is 13. The van der Waals surface area contributed by atoms with Crippen molar-refractivity contribution in [3.63, 3.8) is 0 Å². The molecule has 0 saturated heterocycles. The van der Waals surface area contributed by atoms with Crippen molar-refractivity contribution in [2.24, 2.45) is 0 Å². The Bertz CT molecular complexity index is 98.0. The molecule has 0 saturated carbocycles. The van der Waals surface area contributed by atoms with E-state index in [2.05, 4.69) is 12.7 Å². The molecule has 0 N–H and O–H groups in total. The molecule has 0 spiro atoms. The van der Waals surface area contributed by atoms with Crippen LogP contribution in [-0.2, 0) is 0 Å². The van der Waals surface area contributed by atoms with Crippen molar-refractivity contribution >= 4 is 15.0 Å². The summed E-state index contributed by atoms with van der Waals surface area (Å²) < 4.78 is 0. The van der Waals surface area contributed by atoms with Gasteiger partial charge in [-0.2, -0.15) is 0 Å². The van der Waals surface area contributed by atoms with E-state index in [0.717, 1.165) is 15.0 Å². The molecule has 0 aromatic rings. The molecular formula is C15H32Se. The molecule has 0 aliphatic heterocycles. The number of hydrogen-bond acceptors (Lipinski definition) is 0. The van der Waals surface area contributed by atoms with E-state index in [9.17, 15) is 0 Å². The minimum atomic E-state index is 0.915. The Morgan fingerprint density at radius 2 is 0.938 bits per heavy atom. The van der Waals surface area contributed by atoms with E-state index in [0.29, 0.717) is 0 Å². The Labute approximate surface area is 110 Å². The monoisotopic (exact) mass is 292 g/mol. The van der Waals surface area contributed by atoms with Gasteiger partial charge in [0.2, 0.25) is 0 Å². The summed E-state index contributed by atoms with van der Waals surface area (Å²) in [4.78, 5) is 0. The van der Waals surface area contributed by atoms with Crippen molar-refractivity contribution in [2.45, 2.75) is 95.1 Å². The van der Waals surface area contributed by atoms with Gasteiger partial charge in [-0.3, -0.25) is 0 Å². The Balaban J connectivity index is 2.83. The maximum absolute atomic E-state index is 2.35. The predicted molar refractivity (Wildman–Crippen MR) is 77.5 cm³/mol. The molecule has 0 amide bonds. The van der Waals surface area contributed by atoms with Gasteiger partial charge in [0, 0.05) is 0 Å². The van der Waals surface area contributed by atoms with Crippen LogP contribution in [0.1, 0.15) is 84.0 Å². The molecule has 0 nitrogen and oxygen atoms in total. The van der Waals surface area contributed by atoms with Gasteiger partial charge < -0.3 is 0 Å². The quantitative estimate of drug-likeness (QED) is 0.294. The van der Waals surface area contributed by atoms with Gasteiger partial charge >= 0.3 is 96.7 Å². The molecule has 0 bridgehead atoms. The Hall–Kier alpha value is 0.519. The van der Waals surface area contributed by atoms with Gasteiger partial charge in [0.25, 0.3) is 0 Å². The maximum atomic E-state index is 2.35. The molecule has 16 heavy (non-hydrogen) atoms. The molecule has 0 aromatic heterocycles. The zero-order chi connectivity index (χ0) is 11.9. The van der Waals surface area contributed by atoms with Crippen LogP contribution in [0.3, 0.4) is 0 Å². The van der Waals surface area contributed by atoms with Crippen molar-refractivity contribution in [1.29, 1.82) is 0 Å². The summed E-state index contributed by atoms with van der Waals surface area (Å²) in [6, 6.07) is 0. The van der Waals surface area contributed by atoms with Crippen LogP contribution < -0.4 is 0 Å². The third-order valence-corrected chi connectivity index (χ3v) is 4.66. The Morgan fingerprint density at radius 3 is 1.31 bits per heavy atom. The summed E-state index contributed by atoms with van der Waals surface area (Å²) in [6.07, 6.45) is 17.7. The Morgan fingerprint density at radius 1 is 0.562 bits per heavy atom. The van der Waals surface area contributed by atoms with Crippen molar-refractivity contribution in [3.8, 4) is 0 Å². The van der Waals surface area contributed by atoms with Gasteiger partial charge in [-0.25, -0.2) is 0 Å². The summed E-state index contributed by atoms with van der Waals surface area (Å²) >= 11 is 0.915. The van der Waals surface area contributed by atoms with E-state index in [1.54, 1.807) is 0 Å². The summed E-state index contributed by atoms with van der Waals surface area (Å²) in [5.74, 6) is 2.35. The molecule has 1 heteroatoms. The van der Waals surface area contributed by atoms with E-state index in [1.165, 1.54) is 82.4 Å². The summed E-state index contributed by atoms with van der Waals surface area (Å²) in [5, 5.41) is 1.50. The van der Waals surface area contributed by atoms with Crippen LogP contribution in [0.15, 0.2) is 0 Å². The molecule has 0 atom stereocenters. The first kappa shape index (κ1) is 16.5. The number of unbranched alkanes of at least 4 members (excludes halogenated alkanes) is 11. The van der Waals surface area contributed by atoms with Gasteiger partial charge in [-0.15, -0.1) is 0 Å². The topological polar surface area (TPSA) is 0 Å². The van der Waals surface area contributed by atoms with Crippen LogP contribution in [0.25, 0.3) is 0 Å². The van der Waals surface area contributed by atoms with Crippen LogP contribution in [-0.4, -0.2) is 15.0 Å². The predicted octanol–water partition coefficient (Wildman–Crippen LogP) is 5.86. The van der Waals surface area contributed by atoms with Gasteiger partial charge in [0.05, 0.1) is 0 Å². The fourth-order valence-electron chi connectivity index (χ4n) is 2.09. The molecule has 0 rings (SSSR count). The molecule has 98 valence electrons. The number of hydrogen-bond donors (Lipinski definition) is 0. The van der Waals surface area contributed by atoms with Crippen molar-refractivity contribution in [2.75, 3.05) is 0 Å². The third kappa shape index (κ3) is 14.5. The average Bonchev–Trinajstić information content (AvgIpc) is 2.31. The SMILES string of the molecule is CCCCCCCCCCCCCC[Se]C. The van der Waals surface area contributed by atoms with Gasteiger partial charge in [0.15, 0.2) is 0 Å². The Kier molecular flexibility index (Phi) is 16.0. The second-order valence-electron chi connectivity index (χ2n) is 4.88. The van der Waals surface area contributed by atoms with Gasteiger partial charge in [-0.05, 0) is 0 Å². The van der Waals surface area contributed by atoms with Crippen LogP contribution in [0, 0.1) is 0 Å². The van der Waals surface area contributed by atoms with Crippen molar-refractivity contribution in [3.05, 3.63) is 0 Å². The molecule has 0 radical (unpaired) electrons. The first-order chi connectivity index (χ1) is 7.91. The van der Waals surface area contributed by atoms with Crippen LogP contribution in [0.5, 0.6) is 0 Å². The summed E-state index contributed by atoms with van der Waals surface area (Å²) in [5.41, 5.74) is 0. The summed E-state index contributed by atoms with van der Waals surface area (Å²) in [7, 11) is 0. The first-order valence-corrected chi connectivity index (χ1v) is 10.3. The first-order valence-electron chi connectivity index (χ1n) is 7.40. The molecular weight excluding hydrogens is 259 g/mol. The van der Waals surface area contributed by atoms with Crippen LogP contribution in [0.2, 0.25) is 11.1 Å². The zero-order valence-corrected chi connectivity index (χ0v) is 13.3. The molecule has 0 aliphatic rings. The third-order valence-electron chi connectivity index (χ3n) is 3.20. The normalized spacial score (nSPS) is 10.9. The average molecular weight is 291 g/mol. The van der Waals surface area contributed by atoms with E-state index >= 15 is 0 Å². The van der Waals surface area contributed by atoms with Crippen LogP contribution >= 0.6 is 0 Å². The van der Waals surface area contributed by atoms with Crippen LogP contribution in [0.4, 0.5) is 0 Å². The van der Waals surface area contributed by atoms with Crippen molar-refractivity contribution < 1.29 is 0 Å². The van der Waals surface area contributed by atoms with E-state index in [4.69, 9.17) is 0 Å². The van der Waals surface area contributed by atoms with Gasteiger partial charge in [0.1, 0.15) is 0 Å². The fraction of sp³-hybridized carbons (Fsp3) is 1.00. The minimum absolute atomic E-state index is 0.915. The second kappa shape index (κ2) is 15.5. The summed E-state index contributed by atoms with van der Waals surface area (Å²) in [6.45, 7) is 2.29.